The van der Waals surface area contributed by atoms with E-state index in [1.807, 2.05) is 0 Å². The first-order chi connectivity index (χ1) is 8.61. The Morgan fingerprint density at radius 2 is 1.44 bits per heavy atom. The number of hydrogen-bond donors (Lipinski definition) is 1. The van der Waals surface area contributed by atoms with Crippen molar-refractivity contribution in [3.63, 3.8) is 0 Å². The summed E-state index contributed by atoms with van der Waals surface area (Å²) in [7, 11) is 0. The Labute approximate surface area is 107 Å². The van der Waals surface area contributed by atoms with Gasteiger partial charge in [0.05, 0.1) is 0 Å². The fraction of sp³-hybridized carbons (Fsp3) is 0.615. The molecule has 0 aliphatic carbocycles. The Kier molecular flexibility index (Phi) is 6.11. The maximum absolute atomic E-state index is 11.2. The fourth-order valence-electron chi connectivity index (χ4n) is 1.93. The lowest BCUT2D eigenvalue weighted by Crippen LogP contribution is -2.30. The van der Waals surface area contributed by atoms with Gasteiger partial charge in [-0.15, -0.1) is 0 Å². The van der Waals surface area contributed by atoms with Gasteiger partial charge in [-0.3, -0.25) is 19.3 Å². The summed E-state index contributed by atoms with van der Waals surface area (Å²) in [5.74, 6) is -0.656. The van der Waals surface area contributed by atoms with E-state index in [2.05, 4.69) is 0 Å². The molecule has 0 radical (unpaired) electrons. The highest BCUT2D eigenvalue weighted by molar-refractivity contribution is 6.12. The van der Waals surface area contributed by atoms with Crippen LogP contribution >= 0.6 is 0 Å². The zero-order valence-corrected chi connectivity index (χ0v) is 10.6. The first-order valence-electron chi connectivity index (χ1n) is 6.43. The average Bonchev–Trinajstić information content (AvgIpc) is 2.63. The van der Waals surface area contributed by atoms with Crippen LogP contribution in [0.5, 0.6) is 0 Å². The standard InChI is InChI=1S/C13H20N2O3/c14-11(16)7-5-3-1-2-4-6-10-15-12(17)8-9-13(15)18/h8-9H,1-7,10H2,(H2,14,16). The quantitative estimate of drug-likeness (QED) is 0.493. The van der Waals surface area contributed by atoms with Crippen LogP contribution in [0, 0.1) is 0 Å². The van der Waals surface area contributed by atoms with E-state index in [9.17, 15) is 14.4 Å². The van der Waals surface area contributed by atoms with Crippen LogP contribution in [0.3, 0.4) is 0 Å². The van der Waals surface area contributed by atoms with Crippen LogP contribution in [0.2, 0.25) is 0 Å². The monoisotopic (exact) mass is 252 g/mol. The van der Waals surface area contributed by atoms with Gasteiger partial charge < -0.3 is 5.73 Å². The minimum absolute atomic E-state index is 0.207. The van der Waals surface area contributed by atoms with Crippen LogP contribution in [0.1, 0.15) is 44.9 Å². The number of hydrogen-bond acceptors (Lipinski definition) is 3. The third kappa shape index (κ3) is 5.12. The Morgan fingerprint density at radius 3 is 2.00 bits per heavy atom. The Hall–Kier alpha value is -1.65. The minimum atomic E-state index is -0.242. The highest BCUT2D eigenvalue weighted by Gasteiger charge is 2.21. The zero-order chi connectivity index (χ0) is 13.4. The van der Waals surface area contributed by atoms with E-state index in [1.54, 1.807) is 0 Å². The topological polar surface area (TPSA) is 80.5 Å². The summed E-state index contributed by atoms with van der Waals surface area (Å²) < 4.78 is 0. The molecule has 0 spiro atoms. The van der Waals surface area contributed by atoms with Gasteiger partial charge in [0.1, 0.15) is 0 Å². The van der Waals surface area contributed by atoms with E-state index in [1.165, 1.54) is 17.1 Å². The number of carbonyl (C=O) groups is 3. The highest BCUT2D eigenvalue weighted by Crippen LogP contribution is 2.10. The van der Waals surface area contributed by atoms with Crippen molar-refractivity contribution in [1.82, 2.24) is 4.90 Å². The SMILES string of the molecule is NC(=O)CCCCCCCCN1C(=O)C=CC1=O. The molecule has 3 amide bonds. The summed E-state index contributed by atoms with van der Waals surface area (Å²) in [4.78, 5) is 34.2. The predicted molar refractivity (Wildman–Crippen MR) is 67.4 cm³/mol. The molecule has 0 aromatic rings. The van der Waals surface area contributed by atoms with Gasteiger partial charge in [-0.1, -0.05) is 25.7 Å². The summed E-state index contributed by atoms with van der Waals surface area (Å²) in [6.07, 6.45) is 8.90. The first kappa shape index (κ1) is 14.4. The average molecular weight is 252 g/mol. The maximum atomic E-state index is 11.2. The molecule has 100 valence electrons. The largest absolute Gasteiger partial charge is 0.370 e. The molecule has 0 saturated carbocycles. The van der Waals surface area contributed by atoms with E-state index < -0.39 is 0 Å². The molecule has 1 heterocycles. The van der Waals surface area contributed by atoms with E-state index in [4.69, 9.17) is 5.73 Å². The van der Waals surface area contributed by atoms with E-state index >= 15 is 0 Å². The molecule has 1 rings (SSSR count). The second kappa shape index (κ2) is 7.63. The molecule has 0 unspecified atom stereocenters. The number of nitrogens with zero attached hydrogens (tertiary/aromatic N) is 1. The Morgan fingerprint density at radius 1 is 0.944 bits per heavy atom. The van der Waals surface area contributed by atoms with Crippen LogP contribution < -0.4 is 5.73 Å². The highest BCUT2D eigenvalue weighted by atomic mass is 16.2. The first-order valence-corrected chi connectivity index (χ1v) is 6.43. The molecule has 5 heteroatoms. The van der Waals surface area contributed by atoms with Crippen molar-refractivity contribution in [2.45, 2.75) is 44.9 Å². The molecule has 2 N–H and O–H groups in total. The molecule has 0 aromatic carbocycles. The van der Waals surface area contributed by atoms with Gasteiger partial charge in [-0.25, -0.2) is 0 Å². The number of carbonyl (C=O) groups excluding carboxylic acids is 3. The van der Waals surface area contributed by atoms with Crippen LogP contribution in [0.15, 0.2) is 12.2 Å². The molecule has 0 saturated heterocycles. The Balaban J connectivity index is 1.94. The number of primary amides is 1. The molecular formula is C13H20N2O3. The second-order valence-electron chi connectivity index (χ2n) is 4.50. The van der Waals surface area contributed by atoms with E-state index in [-0.39, 0.29) is 17.7 Å². The van der Waals surface area contributed by atoms with Gasteiger partial charge in [0.25, 0.3) is 11.8 Å². The fourth-order valence-corrected chi connectivity index (χ4v) is 1.93. The summed E-state index contributed by atoms with van der Waals surface area (Å²) in [6, 6.07) is 0. The van der Waals surface area contributed by atoms with Crippen molar-refractivity contribution in [3.8, 4) is 0 Å². The summed E-state index contributed by atoms with van der Waals surface area (Å²) in [5.41, 5.74) is 5.04. The molecule has 18 heavy (non-hydrogen) atoms. The van der Waals surface area contributed by atoms with Crippen molar-refractivity contribution >= 4 is 17.7 Å². The van der Waals surface area contributed by atoms with E-state index in [0.29, 0.717) is 13.0 Å². The van der Waals surface area contributed by atoms with Gasteiger partial charge in [0, 0.05) is 25.1 Å². The van der Waals surface area contributed by atoms with Crippen molar-refractivity contribution < 1.29 is 14.4 Å². The minimum Gasteiger partial charge on any atom is -0.370 e. The van der Waals surface area contributed by atoms with Crippen LogP contribution in [-0.2, 0) is 14.4 Å². The molecule has 5 nitrogen and oxygen atoms in total. The van der Waals surface area contributed by atoms with Gasteiger partial charge in [-0.2, -0.15) is 0 Å². The lowest BCUT2D eigenvalue weighted by Gasteiger charge is -2.12. The smallest absolute Gasteiger partial charge is 0.253 e. The number of unbranched alkanes of at least 4 members (excludes halogenated alkanes) is 5. The summed E-state index contributed by atoms with van der Waals surface area (Å²) in [5, 5.41) is 0. The Bertz CT molecular complexity index is 332. The molecule has 0 atom stereocenters. The summed E-state index contributed by atoms with van der Waals surface area (Å²) >= 11 is 0. The lowest BCUT2D eigenvalue weighted by molar-refractivity contribution is -0.136. The van der Waals surface area contributed by atoms with Gasteiger partial charge in [0.2, 0.25) is 5.91 Å². The van der Waals surface area contributed by atoms with Crippen molar-refractivity contribution in [2.75, 3.05) is 6.54 Å². The maximum Gasteiger partial charge on any atom is 0.253 e. The third-order valence-corrected chi connectivity index (χ3v) is 2.96. The molecular weight excluding hydrogens is 232 g/mol. The van der Waals surface area contributed by atoms with Crippen molar-refractivity contribution in [2.24, 2.45) is 5.73 Å². The zero-order valence-electron chi connectivity index (χ0n) is 10.6. The number of rotatable bonds is 9. The molecule has 1 aliphatic heterocycles. The third-order valence-electron chi connectivity index (χ3n) is 2.96. The second-order valence-corrected chi connectivity index (χ2v) is 4.50. The van der Waals surface area contributed by atoms with Crippen LogP contribution in [0.4, 0.5) is 0 Å². The van der Waals surface area contributed by atoms with Crippen molar-refractivity contribution in [1.29, 1.82) is 0 Å². The van der Waals surface area contributed by atoms with Crippen molar-refractivity contribution in [3.05, 3.63) is 12.2 Å². The normalized spacial score (nSPS) is 14.6. The van der Waals surface area contributed by atoms with Gasteiger partial charge >= 0.3 is 0 Å². The van der Waals surface area contributed by atoms with Gasteiger partial charge in [0.15, 0.2) is 0 Å². The number of imide groups is 1. The predicted octanol–water partition coefficient (Wildman–Crippen LogP) is 1.13. The number of amides is 3. The molecule has 0 aromatic heterocycles. The van der Waals surface area contributed by atoms with Crippen LogP contribution in [0.25, 0.3) is 0 Å². The lowest BCUT2D eigenvalue weighted by atomic mass is 10.1. The summed E-state index contributed by atoms with van der Waals surface area (Å²) in [6.45, 7) is 0.506. The van der Waals surface area contributed by atoms with Crippen LogP contribution in [-0.4, -0.2) is 29.2 Å². The number of nitrogens with two attached hydrogens (primary N) is 1. The molecule has 0 bridgehead atoms. The molecule has 0 fully saturated rings. The molecule has 1 aliphatic rings. The van der Waals surface area contributed by atoms with Gasteiger partial charge in [-0.05, 0) is 12.8 Å². The van der Waals surface area contributed by atoms with E-state index in [0.717, 1.165) is 38.5 Å².